The SMILES string of the molecule is CC(C)n1c(=O)c(-c2cc(F)c(NS(=O)(=O)Cc3ccccc3)c(F)c2F)cc2cnc(NC3CCC(N(C)C)C(F)C3)nc21. The van der Waals surface area contributed by atoms with Crippen LogP contribution in [0.15, 0.2) is 53.5 Å². The van der Waals surface area contributed by atoms with Gasteiger partial charge in [-0.25, -0.2) is 31.0 Å². The van der Waals surface area contributed by atoms with Crippen LogP contribution in [-0.4, -0.2) is 60.2 Å². The molecule has 0 aliphatic heterocycles. The van der Waals surface area contributed by atoms with E-state index in [0.717, 1.165) is 0 Å². The fourth-order valence-electron chi connectivity index (χ4n) is 5.73. The number of hydrogen-bond acceptors (Lipinski definition) is 7. The van der Waals surface area contributed by atoms with Gasteiger partial charge in [0.25, 0.3) is 5.56 Å². The summed E-state index contributed by atoms with van der Waals surface area (Å²) in [6.45, 7) is 3.39. The quantitative estimate of drug-likeness (QED) is 0.179. The minimum Gasteiger partial charge on any atom is -0.351 e. The Kier molecular flexibility index (Phi) is 9.17. The first-order chi connectivity index (χ1) is 21.3. The van der Waals surface area contributed by atoms with E-state index >= 15 is 13.2 Å². The van der Waals surface area contributed by atoms with E-state index in [1.807, 2.05) is 19.0 Å². The third-order valence-corrected chi connectivity index (χ3v) is 9.16. The first-order valence-electron chi connectivity index (χ1n) is 14.5. The lowest BCUT2D eigenvalue weighted by Crippen LogP contribution is -2.44. The van der Waals surface area contributed by atoms with Crippen LogP contribution in [0.2, 0.25) is 0 Å². The summed E-state index contributed by atoms with van der Waals surface area (Å²) in [5.74, 6) is -5.21. The molecule has 1 aliphatic carbocycles. The minimum atomic E-state index is -4.31. The summed E-state index contributed by atoms with van der Waals surface area (Å²) in [7, 11) is -0.631. The molecule has 5 rings (SSSR count). The molecular formula is C31H34F4N6O3S. The van der Waals surface area contributed by atoms with E-state index in [4.69, 9.17) is 0 Å². The van der Waals surface area contributed by atoms with Crippen LogP contribution in [0.3, 0.4) is 0 Å². The number of nitrogens with zero attached hydrogens (tertiary/aromatic N) is 4. The van der Waals surface area contributed by atoms with Gasteiger partial charge in [0.15, 0.2) is 17.5 Å². The Morgan fingerprint density at radius 2 is 1.76 bits per heavy atom. The van der Waals surface area contributed by atoms with Crippen molar-refractivity contribution in [1.29, 1.82) is 0 Å². The standard InChI is InChI=1S/C31H34F4N6O3S/c1-17(2)41-29-19(15-36-31(38-29)37-20-10-11-25(40(3)4)23(32)13-20)12-22(30(41)42)21-14-24(33)28(27(35)26(21)34)39-45(43,44)16-18-8-6-5-7-9-18/h5-9,12,14-15,17,20,23,25,39H,10-11,13,16H2,1-4H3,(H,36,37,38). The van der Waals surface area contributed by atoms with Crippen LogP contribution in [0.5, 0.6) is 0 Å². The Bertz CT molecular complexity index is 1890. The van der Waals surface area contributed by atoms with E-state index in [1.165, 1.54) is 29.0 Å². The largest absolute Gasteiger partial charge is 0.351 e. The number of anilines is 2. The molecule has 0 amide bonds. The summed E-state index contributed by atoms with van der Waals surface area (Å²) < 4.78 is 88.9. The monoisotopic (exact) mass is 646 g/mol. The lowest BCUT2D eigenvalue weighted by molar-refractivity contribution is 0.109. The summed E-state index contributed by atoms with van der Waals surface area (Å²) in [5.41, 5.74) is -2.46. The second kappa shape index (κ2) is 12.8. The van der Waals surface area contributed by atoms with Gasteiger partial charge in [0.1, 0.15) is 17.5 Å². The average Bonchev–Trinajstić information content (AvgIpc) is 2.97. The summed E-state index contributed by atoms with van der Waals surface area (Å²) in [6, 6.07) is 8.84. The molecule has 9 nitrogen and oxygen atoms in total. The van der Waals surface area contributed by atoms with Crippen LogP contribution in [0.4, 0.5) is 29.2 Å². The maximum Gasteiger partial charge on any atom is 0.260 e. The van der Waals surface area contributed by atoms with Crippen molar-refractivity contribution in [1.82, 2.24) is 19.4 Å². The van der Waals surface area contributed by atoms with Gasteiger partial charge in [0.05, 0.1) is 11.3 Å². The molecule has 14 heteroatoms. The predicted octanol–water partition coefficient (Wildman–Crippen LogP) is 5.63. The van der Waals surface area contributed by atoms with Gasteiger partial charge in [-0.1, -0.05) is 30.3 Å². The Morgan fingerprint density at radius 1 is 1.04 bits per heavy atom. The molecule has 2 aromatic heterocycles. The zero-order valence-electron chi connectivity index (χ0n) is 25.2. The van der Waals surface area contributed by atoms with Crippen molar-refractivity contribution in [3.63, 3.8) is 0 Å². The highest BCUT2D eigenvalue weighted by atomic mass is 32.2. The van der Waals surface area contributed by atoms with E-state index in [1.54, 1.807) is 36.8 Å². The number of alkyl halides is 1. The molecule has 2 aromatic carbocycles. The van der Waals surface area contributed by atoms with Crippen LogP contribution in [0.1, 0.15) is 44.7 Å². The van der Waals surface area contributed by atoms with E-state index in [-0.39, 0.29) is 41.0 Å². The van der Waals surface area contributed by atoms with Gasteiger partial charge in [-0.05, 0) is 58.5 Å². The van der Waals surface area contributed by atoms with Gasteiger partial charge in [0, 0.05) is 41.7 Å². The van der Waals surface area contributed by atoms with Crippen molar-refractivity contribution in [2.75, 3.05) is 24.1 Å². The molecule has 1 fully saturated rings. The molecule has 0 bridgehead atoms. The number of pyridine rings is 1. The van der Waals surface area contributed by atoms with Gasteiger partial charge in [-0.2, -0.15) is 4.98 Å². The molecule has 2 N–H and O–H groups in total. The van der Waals surface area contributed by atoms with Crippen LogP contribution in [0, 0.1) is 17.5 Å². The van der Waals surface area contributed by atoms with Crippen LogP contribution < -0.4 is 15.6 Å². The van der Waals surface area contributed by atoms with Gasteiger partial charge >= 0.3 is 0 Å². The fraction of sp³-hybridized carbons (Fsp3) is 0.387. The van der Waals surface area contributed by atoms with E-state index in [0.29, 0.717) is 24.5 Å². The highest BCUT2D eigenvalue weighted by Gasteiger charge is 2.32. The maximum absolute atomic E-state index is 15.5. The number of rotatable bonds is 9. The molecule has 0 radical (unpaired) electrons. The van der Waals surface area contributed by atoms with Gasteiger partial charge in [-0.15, -0.1) is 0 Å². The Labute approximate surface area is 258 Å². The third kappa shape index (κ3) is 6.81. The number of aromatic nitrogens is 3. The minimum absolute atomic E-state index is 0.177. The number of nitrogens with one attached hydrogen (secondary N) is 2. The predicted molar refractivity (Wildman–Crippen MR) is 166 cm³/mol. The highest BCUT2D eigenvalue weighted by molar-refractivity contribution is 7.91. The Balaban J connectivity index is 1.48. The van der Waals surface area contributed by atoms with Gasteiger partial charge in [-0.3, -0.25) is 14.1 Å². The van der Waals surface area contributed by atoms with Crippen molar-refractivity contribution >= 4 is 32.7 Å². The lowest BCUT2D eigenvalue weighted by atomic mass is 9.89. The molecular weight excluding hydrogens is 612 g/mol. The summed E-state index contributed by atoms with van der Waals surface area (Å²) in [4.78, 5) is 24.3. The molecule has 1 aliphatic rings. The molecule has 0 saturated heterocycles. The number of benzene rings is 2. The van der Waals surface area contributed by atoms with Gasteiger partial charge in [0.2, 0.25) is 16.0 Å². The number of sulfonamides is 1. The Hall–Kier alpha value is -4.04. The second-order valence-corrected chi connectivity index (χ2v) is 13.5. The molecule has 3 unspecified atom stereocenters. The summed E-state index contributed by atoms with van der Waals surface area (Å²) >= 11 is 0. The van der Waals surface area contributed by atoms with E-state index in [2.05, 4.69) is 15.3 Å². The van der Waals surface area contributed by atoms with Crippen molar-refractivity contribution in [3.05, 3.63) is 82.0 Å². The molecule has 3 atom stereocenters. The van der Waals surface area contributed by atoms with Gasteiger partial charge < -0.3 is 10.2 Å². The molecule has 1 saturated carbocycles. The average molecular weight is 647 g/mol. The first kappa shape index (κ1) is 32.4. The molecule has 4 aromatic rings. The van der Waals surface area contributed by atoms with Crippen molar-refractivity contribution in [3.8, 4) is 11.1 Å². The van der Waals surface area contributed by atoms with Crippen LogP contribution in [-0.2, 0) is 15.8 Å². The first-order valence-corrected chi connectivity index (χ1v) is 16.1. The van der Waals surface area contributed by atoms with E-state index in [9.17, 15) is 17.6 Å². The third-order valence-electron chi connectivity index (χ3n) is 7.93. The maximum atomic E-state index is 15.5. The lowest BCUT2D eigenvalue weighted by Gasteiger charge is -2.35. The molecule has 45 heavy (non-hydrogen) atoms. The highest BCUT2D eigenvalue weighted by Crippen LogP contribution is 2.33. The van der Waals surface area contributed by atoms with Crippen LogP contribution >= 0.6 is 0 Å². The fourth-order valence-corrected chi connectivity index (χ4v) is 6.93. The van der Waals surface area contributed by atoms with E-state index < -0.39 is 62.3 Å². The molecule has 2 heterocycles. The summed E-state index contributed by atoms with van der Waals surface area (Å²) in [6.07, 6.45) is 1.95. The van der Waals surface area contributed by atoms with Crippen molar-refractivity contribution in [2.24, 2.45) is 0 Å². The smallest absolute Gasteiger partial charge is 0.260 e. The topological polar surface area (TPSA) is 109 Å². The van der Waals surface area contributed by atoms with Crippen LogP contribution in [0.25, 0.3) is 22.2 Å². The Morgan fingerprint density at radius 3 is 2.40 bits per heavy atom. The van der Waals surface area contributed by atoms with Crippen molar-refractivity contribution in [2.45, 2.75) is 63.2 Å². The zero-order valence-corrected chi connectivity index (χ0v) is 26.0. The normalized spacial score (nSPS) is 18.9. The number of halogens is 4. The summed E-state index contributed by atoms with van der Waals surface area (Å²) in [5, 5.41) is 3.44. The number of hydrogen-bond donors (Lipinski definition) is 2. The molecule has 0 spiro atoms. The number of fused-ring (bicyclic) bond motifs is 1. The zero-order chi connectivity index (χ0) is 32.6. The van der Waals surface area contributed by atoms with Crippen molar-refractivity contribution < 1.29 is 26.0 Å². The molecule has 240 valence electrons. The second-order valence-electron chi connectivity index (χ2n) is 11.8.